The van der Waals surface area contributed by atoms with Gasteiger partial charge in [-0.25, -0.2) is 0 Å². The van der Waals surface area contributed by atoms with E-state index >= 15 is 0 Å². The molecule has 2 heteroatoms. The lowest BCUT2D eigenvalue weighted by Gasteiger charge is -2.12. The largest absolute Gasteiger partial charge is 0.301 e. The van der Waals surface area contributed by atoms with Crippen molar-refractivity contribution in [3.8, 4) is 0 Å². The highest BCUT2D eigenvalue weighted by molar-refractivity contribution is 8.14. The first-order valence-corrected chi connectivity index (χ1v) is 6.10. The molecule has 0 aliphatic carbocycles. The van der Waals surface area contributed by atoms with E-state index in [9.17, 15) is 0 Å². The fourth-order valence-electron chi connectivity index (χ4n) is 1.66. The molecule has 0 aromatic heterocycles. The molecule has 0 radical (unpaired) electrons. The fraction of sp³-hybridized carbons (Fsp3) is 0.364. The molecule has 0 saturated heterocycles. The molecule has 1 unspecified atom stereocenters. The van der Waals surface area contributed by atoms with Crippen LogP contribution in [0.1, 0.15) is 5.56 Å². The Labute approximate surface area is 82.3 Å². The molecule has 1 heterocycles. The summed E-state index contributed by atoms with van der Waals surface area (Å²) in [7, 11) is 2.38. The predicted molar refractivity (Wildman–Crippen MR) is 60.6 cm³/mol. The van der Waals surface area contributed by atoms with E-state index < -0.39 is 0 Å². The van der Waals surface area contributed by atoms with Gasteiger partial charge in [-0.2, -0.15) is 10.5 Å². The number of fused-ring (bicyclic) bond motifs is 1. The van der Waals surface area contributed by atoms with Crippen LogP contribution in [0.5, 0.6) is 0 Å². The minimum atomic E-state index is 0.205. The van der Waals surface area contributed by atoms with Gasteiger partial charge in [0, 0.05) is 23.7 Å². The predicted octanol–water partition coefficient (Wildman–Crippen LogP) is 2.19. The van der Waals surface area contributed by atoms with Crippen LogP contribution in [0.15, 0.2) is 29.2 Å². The average Bonchev–Trinajstić information content (AvgIpc) is 2.27. The second-order valence-electron chi connectivity index (χ2n) is 3.54. The van der Waals surface area contributed by atoms with Crippen molar-refractivity contribution in [2.24, 2.45) is 0 Å². The molecule has 13 heavy (non-hydrogen) atoms. The Morgan fingerprint density at radius 2 is 2.15 bits per heavy atom. The van der Waals surface area contributed by atoms with Crippen molar-refractivity contribution < 1.29 is 0 Å². The summed E-state index contributed by atoms with van der Waals surface area (Å²) in [5.74, 6) is 5.44. The Bertz CT molecular complexity index is 333. The Morgan fingerprint density at radius 1 is 1.38 bits per heavy atom. The summed E-state index contributed by atoms with van der Waals surface area (Å²) in [4.78, 5) is 3.84. The van der Waals surface area contributed by atoms with Crippen molar-refractivity contribution in [2.75, 3.05) is 19.3 Å². The molecule has 1 aliphatic rings. The molecule has 0 amide bonds. The van der Waals surface area contributed by atoms with Crippen LogP contribution in [-0.2, 0) is 6.54 Å². The molecule has 1 aliphatic heterocycles. The van der Waals surface area contributed by atoms with E-state index in [1.807, 2.05) is 0 Å². The van der Waals surface area contributed by atoms with E-state index in [-0.39, 0.29) is 10.5 Å². The van der Waals surface area contributed by atoms with Crippen LogP contribution in [-0.4, -0.2) is 30.1 Å². The summed E-state index contributed by atoms with van der Waals surface area (Å²) in [6.07, 6.45) is 0. The van der Waals surface area contributed by atoms with Gasteiger partial charge in [-0.05, 0) is 18.7 Å². The van der Waals surface area contributed by atoms with Crippen molar-refractivity contribution in [1.82, 2.24) is 4.90 Å². The topological polar surface area (TPSA) is 3.24 Å². The Kier molecular flexibility index (Phi) is 2.51. The van der Waals surface area contributed by atoms with Crippen LogP contribution in [0, 0.1) is 0 Å². The van der Waals surface area contributed by atoms with E-state index in [1.54, 1.807) is 0 Å². The molecular formula is C11H15NS. The molecule has 1 aromatic carbocycles. The minimum absolute atomic E-state index is 0.205. The number of nitrogens with zero attached hydrogens (tertiary/aromatic N) is 1. The molecule has 0 fully saturated rings. The van der Waals surface area contributed by atoms with Crippen molar-refractivity contribution >= 4 is 16.4 Å². The van der Waals surface area contributed by atoms with Gasteiger partial charge in [0.05, 0.1) is 0 Å². The molecule has 0 bridgehead atoms. The van der Waals surface area contributed by atoms with Crippen LogP contribution >= 0.6 is 10.5 Å². The van der Waals surface area contributed by atoms with Gasteiger partial charge in [-0.1, -0.05) is 24.1 Å². The summed E-state index contributed by atoms with van der Waals surface area (Å²) in [5.41, 5.74) is 1.46. The lowest BCUT2D eigenvalue weighted by Crippen LogP contribution is -2.18. The summed E-state index contributed by atoms with van der Waals surface area (Å²) < 4.78 is 0. The maximum Gasteiger partial charge on any atom is 0.0241 e. The first-order chi connectivity index (χ1) is 6.27. The van der Waals surface area contributed by atoms with Crippen LogP contribution in [0.2, 0.25) is 0 Å². The standard InChI is InChI=1S/C11H15NS/c1-12-7-8-13(2)11-6-4-3-5-10(11)9-12/h3-6H,2,7-9H2,1H3. The lowest BCUT2D eigenvalue weighted by molar-refractivity contribution is 0.349. The monoisotopic (exact) mass is 193 g/mol. The van der Waals surface area contributed by atoms with Gasteiger partial charge in [0.1, 0.15) is 0 Å². The quantitative estimate of drug-likeness (QED) is 0.571. The van der Waals surface area contributed by atoms with Gasteiger partial charge >= 0.3 is 0 Å². The molecule has 0 saturated carbocycles. The summed E-state index contributed by atoms with van der Waals surface area (Å²) >= 11 is 0. The summed E-state index contributed by atoms with van der Waals surface area (Å²) in [5, 5.41) is 0. The molecule has 70 valence electrons. The van der Waals surface area contributed by atoms with Crippen molar-refractivity contribution in [3.05, 3.63) is 29.8 Å². The van der Waals surface area contributed by atoms with E-state index in [1.165, 1.54) is 22.8 Å². The molecular weight excluding hydrogens is 178 g/mol. The van der Waals surface area contributed by atoms with Gasteiger partial charge in [0.25, 0.3) is 0 Å². The zero-order chi connectivity index (χ0) is 9.26. The highest BCUT2D eigenvalue weighted by Crippen LogP contribution is 2.30. The first-order valence-electron chi connectivity index (χ1n) is 4.54. The minimum Gasteiger partial charge on any atom is -0.301 e. The van der Waals surface area contributed by atoms with Crippen molar-refractivity contribution in [2.45, 2.75) is 11.4 Å². The second-order valence-corrected chi connectivity index (χ2v) is 5.38. The van der Waals surface area contributed by atoms with Crippen LogP contribution in [0.25, 0.3) is 0 Å². The summed E-state index contributed by atoms with van der Waals surface area (Å²) in [6.45, 7) is 2.25. The Hall–Kier alpha value is -0.600. The molecule has 1 aromatic rings. The van der Waals surface area contributed by atoms with Gasteiger partial charge in [0.15, 0.2) is 0 Å². The zero-order valence-corrected chi connectivity index (χ0v) is 8.81. The third-order valence-corrected chi connectivity index (χ3v) is 4.14. The maximum absolute atomic E-state index is 4.23. The van der Waals surface area contributed by atoms with E-state index in [0.29, 0.717) is 0 Å². The number of hydrogen-bond acceptors (Lipinski definition) is 1. The van der Waals surface area contributed by atoms with Gasteiger partial charge in [0.2, 0.25) is 0 Å². The van der Waals surface area contributed by atoms with Crippen LogP contribution < -0.4 is 0 Å². The van der Waals surface area contributed by atoms with E-state index in [2.05, 4.69) is 42.1 Å². The number of rotatable bonds is 0. The van der Waals surface area contributed by atoms with Gasteiger partial charge in [-0.15, -0.1) is 0 Å². The highest BCUT2D eigenvalue weighted by Gasteiger charge is 2.11. The smallest absolute Gasteiger partial charge is 0.0241 e. The molecule has 0 spiro atoms. The molecule has 0 N–H and O–H groups in total. The highest BCUT2D eigenvalue weighted by atomic mass is 32.2. The number of benzene rings is 1. The lowest BCUT2D eigenvalue weighted by atomic mass is 10.2. The van der Waals surface area contributed by atoms with Crippen molar-refractivity contribution in [3.63, 3.8) is 0 Å². The average molecular weight is 193 g/mol. The van der Waals surface area contributed by atoms with E-state index in [4.69, 9.17) is 0 Å². The molecule has 2 rings (SSSR count). The first kappa shape index (κ1) is 8.97. The SMILES string of the molecule is C=S1CCN(C)Cc2ccccc21. The van der Waals surface area contributed by atoms with Crippen LogP contribution in [0.3, 0.4) is 0 Å². The maximum atomic E-state index is 4.23. The zero-order valence-electron chi connectivity index (χ0n) is 7.99. The fourth-order valence-corrected chi connectivity index (χ4v) is 3.19. The van der Waals surface area contributed by atoms with Gasteiger partial charge < -0.3 is 4.90 Å². The van der Waals surface area contributed by atoms with Crippen molar-refractivity contribution in [1.29, 1.82) is 0 Å². The van der Waals surface area contributed by atoms with Crippen LogP contribution in [0.4, 0.5) is 0 Å². The van der Waals surface area contributed by atoms with E-state index in [0.717, 1.165) is 6.54 Å². The summed E-state index contributed by atoms with van der Waals surface area (Å²) in [6, 6.07) is 8.69. The molecule has 1 nitrogen and oxygen atoms in total. The Morgan fingerprint density at radius 3 is 3.00 bits per heavy atom. The number of hydrogen-bond donors (Lipinski definition) is 0. The Balaban J connectivity index is 2.43. The normalized spacial score (nSPS) is 23.6. The third-order valence-electron chi connectivity index (χ3n) is 2.44. The molecule has 1 atom stereocenters. The van der Waals surface area contributed by atoms with Gasteiger partial charge in [-0.3, -0.25) is 0 Å². The second kappa shape index (κ2) is 3.64. The third kappa shape index (κ3) is 1.84.